The number of ketones is 1. The molecule has 0 atom stereocenters. The summed E-state index contributed by atoms with van der Waals surface area (Å²) in [5.74, 6) is 0.290. The molecule has 1 aliphatic heterocycles. The van der Waals surface area contributed by atoms with Gasteiger partial charge in [-0.1, -0.05) is 29.8 Å². The van der Waals surface area contributed by atoms with Crippen LogP contribution in [0.4, 0.5) is 0 Å². The van der Waals surface area contributed by atoms with E-state index < -0.39 is 0 Å². The molecule has 2 heteroatoms. The first-order chi connectivity index (χ1) is 7.65. The lowest BCUT2D eigenvalue weighted by Gasteiger charge is -2.23. The molecule has 84 valence electrons. The Hall–Kier alpha value is -1.41. The summed E-state index contributed by atoms with van der Waals surface area (Å²) in [6, 6.07) is 8.27. The zero-order valence-electron chi connectivity index (χ0n) is 9.86. The molecule has 1 fully saturated rings. The highest BCUT2D eigenvalue weighted by Crippen LogP contribution is 2.15. The minimum atomic E-state index is 0.290. The van der Waals surface area contributed by atoms with Gasteiger partial charge in [0.25, 0.3) is 0 Å². The molecule has 0 saturated carbocycles. The number of piperidine rings is 1. The van der Waals surface area contributed by atoms with Crippen molar-refractivity contribution >= 4 is 11.9 Å². The summed E-state index contributed by atoms with van der Waals surface area (Å²) in [6.45, 7) is 3.72. The predicted octanol–water partition coefficient (Wildman–Crippen LogP) is 2.28. The third kappa shape index (κ3) is 2.58. The third-order valence-electron chi connectivity index (χ3n) is 2.94. The van der Waals surface area contributed by atoms with Crippen LogP contribution in [0.5, 0.6) is 0 Å². The molecular formula is C14H17NO. The van der Waals surface area contributed by atoms with Gasteiger partial charge >= 0.3 is 0 Å². The van der Waals surface area contributed by atoms with E-state index in [2.05, 4.69) is 43.1 Å². The predicted molar refractivity (Wildman–Crippen MR) is 66.3 cm³/mol. The van der Waals surface area contributed by atoms with Crippen LogP contribution in [0.25, 0.3) is 6.08 Å². The van der Waals surface area contributed by atoms with Crippen LogP contribution in [0.3, 0.4) is 0 Å². The Balaban J connectivity index is 2.22. The number of hydrogen-bond acceptors (Lipinski definition) is 2. The van der Waals surface area contributed by atoms with Gasteiger partial charge in [0.2, 0.25) is 0 Å². The Morgan fingerprint density at radius 3 is 2.62 bits per heavy atom. The monoisotopic (exact) mass is 215 g/mol. The fourth-order valence-electron chi connectivity index (χ4n) is 1.90. The minimum Gasteiger partial charge on any atom is -0.302 e. The van der Waals surface area contributed by atoms with Gasteiger partial charge in [-0.05, 0) is 25.6 Å². The van der Waals surface area contributed by atoms with Gasteiger partial charge in [-0.25, -0.2) is 0 Å². The molecule has 1 heterocycles. The standard InChI is InChI=1S/C14H17NO/c1-11-3-5-12(6-4-11)9-13-10-15(2)8-7-14(13)16/h3-6,9H,7-8,10H2,1-2H3. The van der Waals surface area contributed by atoms with E-state index in [-0.39, 0.29) is 0 Å². The summed E-state index contributed by atoms with van der Waals surface area (Å²) in [6.07, 6.45) is 2.66. The molecule has 1 aromatic rings. The number of carbonyl (C=O) groups is 1. The summed E-state index contributed by atoms with van der Waals surface area (Å²) < 4.78 is 0. The second kappa shape index (κ2) is 4.62. The van der Waals surface area contributed by atoms with Crippen LogP contribution in [-0.2, 0) is 4.79 Å². The fraction of sp³-hybridized carbons (Fsp3) is 0.357. The van der Waals surface area contributed by atoms with E-state index in [1.807, 2.05) is 6.08 Å². The number of likely N-dealkylation sites (N-methyl/N-ethyl adjacent to an activating group) is 1. The molecule has 0 N–H and O–H groups in total. The Morgan fingerprint density at radius 1 is 1.25 bits per heavy atom. The highest BCUT2D eigenvalue weighted by atomic mass is 16.1. The Morgan fingerprint density at radius 2 is 1.94 bits per heavy atom. The van der Waals surface area contributed by atoms with E-state index >= 15 is 0 Å². The van der Waals surface area contributed by atoms with Crippen molar-refractivity contribution in [3.05, 3.63) is 41.0 Å². The van der Waals surface area contributed by atoms with Crippen LogP contribution in [0.1, 0.15) is 17.5 Å². The van der Waals surface area contributed by atoms with Gasteiger partial charge in [-0.3, -0.25) is 4.79 Å². The lowest BCUT2D eigenvalue weighted by atomic mass is 10.0. The molecule has 0 amide bonds. The molecule has 2 rings (SSSR count). The average molecular weight is 215 g/mol. The summed E-state index contributed by atoms with van der Waals surface area (Å²) in [7, 11) is 2.05. The van der Waals surface area contributed by atoms with Gasteiger partial charge in [0.15, 0.2) is 5.78 Å². The van der Waals surface area contributed by atoms with Crippen molar-refractivity contribution in [2.45, 2.75) is 13.3 Å². The van der Waals surface area contributed by atoms with Crippen molar-refractivity contribution < 1.29 is 4.79 Å². The molecule has 1 aromatic carbocycles. The van der Waals surface area contributed by atoms with Crippen LogP contribution in [0.15, 0.2) is 29.8 Å². The van der Waals surface area contributed by atoms with Gasteiger partial charge in [0, 0.05) is 25.1 Å². The maximum atomic E-state index is 11.7. The summed E-state index contributed by atoms with van der Waals surface area (Å²) in [5, 5.41) is 0. The van der Waals surface area contributed by atoms with Crippen LogP contribution in [0, 0.1) is 6.92 Å². The third-order valence-corrected chi connectivity index (χ3v) is 2.94. The molecule has 0 unspecified atom stereocenters. The molecule has 1 saturated heterocycles. The van der Waals surface area contributed by atoms with Crippen molar-refractivity contribution in [1.29, 1.82) is 0 Å². The van der Waals surface area contributed by atoms with E-state index in [4.69, 9.17) is 0 Å². The van der Waals surface area contributed by atoms with Gasteiger partial charge in [0.1, 0.15) is 0 Å². The normalized spacial score (nSPS) is 20.4. The zero-order valence-corrected chi connectivity index (χ0v) is 9.86. The number of likely N-dealkylation sites (tertiary alicyclic amines) is 1. The van der Waals surface area contributed by atoms with Crippen molar-refractivity contribution in [3.8, 4) is 0 Å². The van der Waals surface area contributed by atoms with Crippen molar-refractivity contribution in [1.82, 2.24) is 4.90 Å². The maximum absolute atomic E-state index is 11.7. The lowest BCUT2D eigenvalue weighted by Crippen LogP contribution is -2.32. The zero-order chi connectivity index (χ0) is 11.5. The number of nitrogens with zero attached hydrogens (tertiary/aromatic N) is 1. The first-order valence-corrected chi connectivity index (χ1v) is 5.64. The molecular weight excluding hydrogens is 198 g/mol. The number of aryl methyl sites for hydroxylation is 1. The first kappa shape index (κ1) is 11.1. The van der Waals surface area contributed by atoms with E-state index in [0.717, 1.165) is 24.2 Å². The lowest BCUT2D eigenvalue weighted by molar-refractivity contribution is -0.117. The molecule has 16 heavy (non-hydrogen) atoms. The molecule has 2 nitrogen and oxygen atoms in total. The Kier molecular flexibility index (Phi) is 3.20. The number of benzene rings is 1. The molecule has 0 bridgehead atoms. The second-order valence-electron chi connectivity index (χ2n) is 4.49. The largest absolute Gasteiger partial charge is 0.302 e. The maximum Gasteiger partial charge on any atom is 0.161 e. The summed E-state index contributed by atoms with van der Waals surface area (Å²) in [5.41, 5.74) is 3.29. The van der Waals surface area contributed by atoms with Crippen LogP contribution >= 0.6 is 0 Å². The van der Waals surface area contributed by atoms with Gasteiger partial charge in [-0.2, -0.15) is 0 Å². The highest BCUT2D eigenvalue weighted by Gasteiger charge is 2.18. The number of carbonyl (C=O) groups excluding carboxylic acids is 1. The fourth-order valence-corrected chi connectivity index (χ4v) is 1.90. The molecule has 0 radical (unpaired) electrons. The van der Waals surface area contributed by atoms with Gasteiger partial charge in [0.05, 0.1) is 0 Å². The Bertz CT molecular complexity index is 417. The van der Waals surface area contributed by atoms with Crippen molar-refractivity contribution in [2.75, 3.05) is 20.1 Å². The topological polar surface area (TPSA) is 20.3 Å². The quantitative estimate of drug-likeness (QED) is 0.670. The minimum absolute atomic E-state index is 0.290. The SMILES string of the molecule is Cc1ccc(C=C2CN(C)CCC2=O)cc1. The van der Waals surface area contributed by atoms with Crippen LogP contribution in [0.2, 0.25) is 0 Å². The van der Waals surface area contributed by atoms with Crippen LogP contribution < -0.4 is 0 Å². The number of rotatable bonds is 1. The first-order valence-electron chi connectivity index (χ1n) is 5.64. The molecule has 1 aliphatic rings. The smallest absolute Gasteiger partial charge is 0.161 e. The van der Waals surface area contributed by atoms with E-state index in [1.165, 1.54) is 5.56 Å². The van der Waals surface area contributed by atoms with Crippen molar-refractivity contribution in [2.24, 2.45) is 0 Å². The van der Waals surface area contributed by atoms with Gasteiger partial charge in [-0.15, -0.1) is 0 Å². The van der Waals surface area contributed by atoms with Gasteiger partial charge < -0.3 is 4.90 Å². The van der Waals surface area contributed by atoms with E-state index in [1.54, 1.807) is 0 Å². The highest BCUT2D eigenvalue weighted by molar-refractivity contribution is 6.00. The van der Waals surface area contributed by atoms with E-state index in [0.29, 0.717) is 12.2 Å². The molecule has 0 aliphatic carbocycles. The molecule has 0 spiro atoms. The summed E-state index contributed by atoms with van der Waals surface area (Å²) >= 11 is 0. The second-order valence-corrected chi connectivity index (χ2v) is 4.49. The van der Waals surface area contributed by atoms with Crippen molar-refractivity contribution in [3.63, 3.8) is 0 Å². The Labute approximate surface area is 96.6 Å². The van der Waals surface area contributed by atoms with E-state index in [9.17, 15) is 4.79 Å². The molecule has 0 aromatic heterocycles. The number of Topliss-reactive ketones (excluding diaryl/α,β-unsaturated/α-hetero) is 1. The number of hydrogen-bond donors (Lipinski definition) is 0. The summed E-state index contributed by atoms with van der Waals surface area (Å²) in [4.78, 5) is 13.9. The van der Waals surface area contributed by atoms with Crippen LogP contribution in [-0.4, -0.2) is 30.8 Å². The average Bonchev–Trinajstić information content (AvgIpc) is 2.27.